The van der Waals surface area contributed by atoms with Gasteiger partial charge in [-0.3, -0.25) is 0 Å². The number of hydrogen-bond donors (Lipinski definition) is 0. The van der Waals surface area contributed by atoms with E-state index in [9.17, 15) is 0 Å². The summed E-state index contributed by atoms with van der Waals surface area (Å²) in [6.07, 6.45) is 0. The summed E-state index contributed by atoms with van der Waals surface area (Å²) in [6, 6.07) is 0. The topological polar surface area (TPSA) is 180 Å². The summed E-state index contributed by atoms with van der Waals surface area (Å²) >= 11 is 0. The van der Waals surface area contributed by atoms with E-state index >= 15 is 0 Å². The van der Waals surface area contributed by atoms with Crippen molar-refractivity contribution in [3.8, 4) is 0 Å². The van der Waals surface area contributed by atoms with Crippen molar-refractivity contribution in [2.75, 3.05) is 0 Å². The normalized spacial score (nSPS) is 0. The van der Waals surface area contributed by atoms with Crippen LogP contribution in [0.2, 0.25) is 0 Å². The summed E-state index contributed by atoms with van der Waals surface area (Å²) in [4.78, 5) is 0. The molecule has 8 heteroatoms. The van der Waals surface area contributed by atoms with Crippen LogP contribution in [0.5, 0.6) is 0 Å². The molecule has 6 N–H and O–H groups in total. The zero-order valence-electron chi connectivity index (χ0n) is 3.71. The van der Waals surface area contributed by atoms with Crippen molar-refractivity contribution in [2.45, 2.75) is 0 Å². The molecule has 0 aliphatic carbocycles. The third-order valence-corrected chi connectivity index (χ3v) is 0. The van der Waals surface area contributed by atoms with Gasteiger partial charge in [0.2, 0.25) is 0 Å². The smallest absolute Gasteiger partial charge is 0.870 e. The third-order valence-electron chi connectivity index (χ3n) is 0. The molecule has 0 aromatic heterocycles. The van der Waals surface area contributed by atoms with E-state index in [1.165, 1.54) is 0 Å². The van der Waals surface area contributed by atoms with Crippen LogP contribution in [0.25, 0.3) is 0 Å². The van der Waals surface area contributed by atoms with Crippen molar-refractivity contribution >= 4 is 41.8 Å². The summed E-state index contributed by atoms with van der Waals surface area (Å²) in [5.41, 5.74) is 0. The van der Waals surface area contributed by atoms with Crippen LogP contribution in [-0.4, -0.2) is 74.6 Å². The first-order valence-electron chi connectivity index (χ1n) is 0. The molecular weight excluding hydrogens is 245 g/mol. The van der Waals surface area contributed by atoms with Gasteiger partial charge < -0.3 is 32.9 Å². The summed E-state index contributed by atoms with van der Waals surface area (Å²) < 4.78 is 0. The van der Waals surface area contributed by atoms with Gasteiger partial charge in [-0.1, -0.05) is 0 Å². The predicted molar refractivity (Wildman–Crippen MR) is 23.1 cm³/mol. The maximum atomic E-state index is 0. The monoisotopic (exact) mass is 250 g/mol. The van der Waals surface area contributed by atoms with Gasteiger partial charge in [0.05, 0.1) is 0 Å². The zero-order chi connectivity index (χ0) is 0. The Balaban J connectivity index is 0. The molecule has 0 aliphatic heterocycles. The van der Waals surface area contributed by atoms with Gasteiger partial charge in [-0.2, -0.15) is 0 Å². The summed E-state index contributed by atoms with van der Waals surface area (Å²) in [6.45, 7) is 0. The summed E-state index contributed by atoms with van der Waals surface area (Å²) in [7, 11) is 0. The van der Waals surface area contributed by atoms with Gasteiger partial charge in [-0.15, -0.1) is 0 Å². The maximum Gasteiger partial charge on any atom is 3.00 e. The van der Waals surface area contributed by atoms with Crippen molar-refractivity contribution in [1.29, 1.82) is 0 Å². The van der Waals surface area contributed by atoms with Gasteiger partial charge in [0, 0.05) is 0 Å². The Kier molecular flexibility index (Phi) is 20200. The van der Waals surface area contributed by atoms with E-state index < -0.39 is 0 Å². The molecule has 0 aromatic rings. The van der Waals surface area contributed by atoms with Gasteiger partial charge in [-0.05, 0) is 0 Å². The fourth-order valence-corrected chi connectivity index (χ4v) is 0. The third kappa shape index (κ3) is 215. The Labute approximate surface area is 74.7 Å². The Morgan fingerprint density at radius 3 is 0.375 bits per heavy atom. The van der Waals surface area contributed by atoms with E-state index in [0.29, 0.717) is 0 Å². The fourth-order valence-electron chi connectivity index (χ4n) is 0. The fraction of sp³-hybridized carbons (Fsp3) is 0. The predicted octanol–water partition coefficient (Wildman–Crippen LogP) is -1.82. The van der Waals surface area contributed by atoms with E-state index in [1.54, 1.807) is 0 Å². The molecule has 0 fully saturated rings. The minimum Gasteiger partial charge on any atom is -0.870 e. The molecule has 0 spiro atoms. The molecule has 0 atom stereocenters. The summed E-state index contributed by atoms with van der Waals surface area (Å²) in [5, 5.41) is 0. The van der Waals surface area contributed by atoms with Crippen LogP contribution in [-0.2, 0) is 0 Å². The van der Waals surface area contributed by atoms with Crippen molar-refractivity contribution in [3.63, 3.8) is 0 Å². The van der Waals surface area contributed by atoms with Gasteiger partial charge in [-0.25, -0.2) is 0 Å². The van der Waals surface area contributed by atoms with Crippen LogP contribution < -0.4 is 0 Å². The molecule has 0 aromatic carbocycles. The molecular formula is H6AlO6Sb. The Hall–Kier alpha value is 1.11. The molecule has 0 saturated carbocycles. The second-order valence-corrected chi connectivity index (χ2v) is 0. The minimum atomic E-state index is 0. The van der Waals surface area contributed by atoms with Crippen LogP contribution in [0.4, 0.5) is 0 Å². The largest absolute Gasteiger partial charge is 3.00 e. The summed E-state index contributed by atoms with van der Waals surface area (Å²) in [5.74, 6) is 0. The molecule has 0 rings (SSSR count). The minimum absolute atomic E-state index is 0. The quantitative estimate of drug-likeness (QED) is 0.456. The average molecular weight is 251 g/mol. The van der Waals surface area contributed by atoms with Crippen LogP contribution in [0.15, 0.2) is 0 Å². The van der Waals surface area contributed by atoms with Gasteiger partial charge in [0.25, 0.3) is 0 Å². The van der Waals surface area contributed by atoms with E-state index in [0.717, 1.165) is 0 Å². The van der Waals surface area contributed by atoms with Crippen molar-refractivity contribution in [2.24, 2.45) is 0 Å². The van der Waals surface area contributed by atoms with Crippen molar-refractivity contribution in [1.82, 2.24) is 0 Å². The van der Waals surface area contributed by atoms with E-state index in [1.807, 2.05) is 0 Å². The molecule has 8 heavy (non-hydrogen) atoms. The SMILES string of the molecule is [Al+3].[OH-].[OH-].[OH-].[OH-].[OH-].[OH-].[Sb+3]. The van der Waals surface area contributed by atoms with Gasteiger partial charge >= 0.3 is 41.8 Å². The number of hydrogen-bond acceptors (Lipinski definition) is 6. The van der Waals surface area contributed by atoms with E-state index in [4.69, 9.17) is 0 Å². The number of rotatable bonds is 0. The first kappa shape index (κ1) is 486. The molecule has 50 valence electrons. The Morgan fingerprint density at radius 1 is 0.375 bits per heavy atom. The molecule has 0 aliphatic rings. The van der Waals surface area contributed by atoms with Crippen LogP contribution in [0.3, 0.4) is 0 Å². The average Bonchev–Trinajstić information content (AvgIpc) is 0. The molecule has 6 nitrogen and oxygen atoms in total. The second-order valence-electron chi connectivity index (χ2n) is 0. The van der Waals surface area contributed by atoms with Crippen molar-refractivity contribution < 1.29 is 32.9 Å². The first-order chi connectivity index (χ1) is 0. The van der Waals surface area contributed by atoms with E-state index in [-0.39, 0.29) is 74.6 Å². The maximum absolute atomic E-state index is 0. The van der Waals surface area contributed by atoms with Crippen LogP contribution in [0.1, 0.15) is 0 Å². The molecule has 0 unspecified atom stereocenters. The molecule has 0 saturated heterocycles. The van der Waals surface area contributed by atoms with Gasteiger partial charge in [0.1, 0.15) is 0 Å². The van der Waals surface area contributed by atoms with Crippen molar-refractivity contribution in [3.05, 3.63) is 0 Å². The van der Waals surface area contributed by atoms with Crippen LogP contribution >= 0.6 is 0 Å². The molecule has 0 bridgehead atoms. The molecule has 0 heterocycles. The Morgan fingerprint density at radius 2 is 0.375 bits per heavy atom. The molecule has 0 amide bonds. The first-order valence-corrected chi connectivity index (χ1v) is 0. The Bertz CT molecular complexity index is 8.49. The molecule has 2 radical (unpaired) electrons. The second kappa shape index (κ2) is 332. The van der Waals surface area contributed by atoms with E-state index in [2.05, 4.69) is 0 Å². The van der Waals surface area contributed by atoms with Crippen LogP contribution in [0, 0.1) is 0 Å². The zero-order valence-corrected chi connectivity index (χ0v) is 7.42. The van der Waals surface area contributed by atoms with Gasteiger partial charge in [0.15, 0.2) is 0 Å². The standard InChI is InChI=1S/Al.6H2O.Sb/h;6*1H2;/q+3;;;;;;;+3/p-6.